The number of nitrogens with one attached hydrogen (secondary N) is 2. The molecule has 3 rings (SSSR count). The molecule has 0 bridgehead atoms. The molecule has 2 N–H and O–H groups in total. The summed E-state index contributed by atoms with van der Waals surface area (Å²) in [5.41, 5.74) is 2.49. The number of aliphatic imine (C=N–C) groups is 1. The van der Waals surface area contributed by atoms with Crippen molar-refractivity contribution in [3.05, 3.63) is 54.1 Å². The summed E-state index contributed by atoms with van der Waals surface area (Å²) in [5.74, 6) is 1.68. The fraction of sp³-hybridized carbons (Fsp3) is 0.444. The highest BCUT2D eigenvalue weighted by Gasteiger charge is 2.33. The Labute approximate surface area is 161 Å². The van der Waals surface area contributed by atoms with E-state index in [1.54, 1.807) is 6.20 Å². The first-order chi connectivity index (χ1) is 11.2. The minimum Gasteiger partial charge on any atom is -0.357 e. The number of hydrogen-bond donors (Lipinski definition) is 2. The topological polar surface area (TPSA) is 54.2 Å². The van der Waals surface area contributed by atoms with Crippen molar-refractivity contribution in [2.45, 2.75) is 39.4 Å². The van der Waals surface area contributed by atoms with Crippen LogP contribution in [0.25, 0.3) is 0 Å². The normalized spacial score (nSPS) is 19.5. The van der Waals surface area contributed by atoms with Crippen LogP contribution in [-0.4, -0.2) is 28.1 Å². The molecule has 1 aliphatic rings. The molecule has 0 amide bonds. The average Bonchev–Trinajstić information content (AvgIpc) is 3.00. The smallest absolute Gasteiger partial charge is 0.191 e. The Kier molecular flexibility index (Phi) is 7.08. The molecule has 2 unspecified atom stereocenters. The Hall–Kier alpha value is -1.57. The standard InChI is InChI=1S/C18H25N5.HI/c1-3-20-18(22-17-9-14(17)2)21-11-15-5-4-6-16(10-15)12-23-8-7-19-13-23;/h4-8,10,13-14,17H,3,9,11-12H2,1-2H3,(H2,20,21,22);1H. The molecule has 1 aliphatic carbocycles. The summed E-state index contributed by atoms with van der Waals surface area (Å²) in [4.78, 5) is 8.80. The SMILES string of the molecule is CCNC(=NCc1cccc(Cn2ccnc2)c1)NC1CC1C.I. The summed E-state index contributed by atoms with van der Waals surface area (Å²) in [6.07, 6.45) is 6.87. The molecule has 0 spiro atoms. The van der Waals surface area contributed by atoms with E-state index in [9.17, 15) is 0 Å². The highest BCUT2D eigenvalue weighted by atomic mass is 127. The first kappa shape index (κ1) is 18.8. The Morgan fingerprint density at radius 3 is 2.83 bits per heavy atom. The summed E-state index contributed by atoms with van der Waals surface area (Å²) in [6, 6.07) is 9.17. The van der Waals surface area contributed by atoms with Crippen LogP contribution in [0.1, 0.15) is 31.4 Å². The fourth-order valence-corrected chi connectivity index (χ4v) is 2.61. The Balaban J connectivity index is 0.00000208. The molecule has 2 aromatic rings. The molecule has 1 aromatic carbocycles. The zero-order chi connectivity index (χ0) is 16.1. The number of benzene rings is 1. The van der Waals surface area contributed by atoms with E-state index >= 15 is 0 Å². The van der Waals surface area contributed by atoms with Crippen LogP contribution < -0.4 is 10.6 Å². The number of aromatic nitrogens is 2. The van der Waals surface area contributed by atoms with Gasteiger partial charge in [0.25, 0.3) is 0 Å². The van der Waals surface area contributed by atoms with E-state index < -0.39 is 0 Å². The third kappa shape index (κ3) is 5.51. The lowest BCUT2D eigenvalue weighted by atomic mass is 10.1. The lowest BCUT2D eigenvalue weighted by Crippen LogP contribution is -2.39. The number of rotatable bonds is 6. The van der Waals surface area contributed by atoms with Crippen LogP contribution >= 0.6 is 24.0 Å². The number of nitrogens with zero attached hydrogens (tertiary/aromatic N) is 3. The van der Waals surface area contributed by atoms with Crippen molar-refractivity contribution in [3.63, 3.8) is 0 Å². The van der Waals surface area contributed by atoms with Gasteiger partial charge in [0.15, 0.2) is 5.96 Å². The maximum Gasteiger partial charge on any atom is 0.191 e. The third-order valence-corrected chi connectivity index (χ3v) is 4.11. The summed E-state index contributed by atoms with van der Waals surface area (Å²) in [6.45, 7) is 6.78. The third-order valence-electron chi connectivity index (χ3n) is 4.11. The molecule has 0 radical (unpaired) electrons. The minimum atomic E-state index is 0. The van der Waals surface area contributed by atoms with E-state index in [1.165, 1.54) is 17.5 Å². The second-order valence-electron chi connectivity index (χ2n) is 6.21. The number of halogens is 1. The molecule has 1 fully saturated rings. The zero-order valence-corrected chi connectivity index (χ0v) is 16.6. The maximum atomic E-state index is 4.71. The number of imidazole rings is 1. The Morgan fingerprint density at radius 1 is 1.38 bits per heavy atom. The van der Waals surface area contributed by atoms with Crippen LogP contribution in [0.4, 0.5) is 0 Å². The van der Waals surface area contributed by atoms with E-state index in [4.69, 9.17) is 4.99 Å². The van der Waals surface area contributed by atoms with Crippen LogP contribution in [0.15, 0.2) is 48.0 Å². The fourth-order valence-electron chi connectivity index (χ4n) is 2.61. The first-order valence-corrected chi connectivity index (χ1v) is 8.33. The Morgan fingerprint density at radius 2 is 2.17 bits per heavy atom. The van der Waals surface area contributed by atoms with Crippen molar-refractivity contribution in [2.24, 2.45) is 10.9 Å². The molecule has 24 heavy (non-hydrogen) atoms. The van der Waals surface area contributed by atoms with Gasteiger partial charge in [0.05, 0.1) is 12.9 Å². The molecule has 0 saturated heterocycles. The summed E-state index contributed by atoms with van der Waals surface area (Å²) in [7, 11) is 0. The molecule has 0 aliphatic heterocycles. The Bertz CT molecular complexity index is 653. The van der Waals surface area contributed by atoms with Crippen molar-refractivity contribution in [1.29, 1.82) is 0 Å². The zero-order valence-electron chi connectivity index (χ0n) is 14.3. The van der Waals surface area contributed by atoms with Gasteiger partial charge in [0.2, 0.25) is 0 Å². The van der Waals surface area contributed by atoms with Gasteiger partial charge in [-0.05, 0) is 30.4 Å². The molecule has 1 heterocycles. The van der Waals surface area contributed by atoms with Crippen LogP contribution in [0, 0.1) is 5.92 Å². The molecule has 130 valence electrons. The second kappa shape index (κ2) is 9.05. The summed E-state index contributed by atoms with van der Waals surface area (Å²) < 4.78 is 2.07. The van der Waals surface area contributed by atoms with Gasteiger partial charge in [0.1, 0.15) is 0 Å². The lowest BCUT2D eigenvalue weighted by molar-refractivity contribution is 0.765. The van der Waals surface area contributed by atoms with Crippen LogP contribution in [0.5, 0.6) is 0 Å². The van der Waals surface area contributed by atoms with Crippen LogP contribution in [0.2, 0.25) is 0 Å². The summed E-state index contributed by atoms with van der Waals surface area (Å²) in [5, 5.41) is 6.81. The number of guanidine groups is 1. The predicted molar refractivity (Wildman–Crippen MR) is 109 cm³/mol. The quantitative estimate of drug-likeness (QED) is 0.414. The van der Waals surface area contributed by atoms with Gasteiger partial charge in [-0.25, -0.2) is 9.98 Å². The van der Waals surface area contributed by atoms with Gasteiger partial charge >= 0.3 is 0 Å². The largest absolute Gasteiger partial charge is 0.357 e. The van der Waals surface area contributed by atoms with Gasteiger partial charge in [-0.1, -0.05) is 31.2 Å². The predicted octanol–water partition coefficient (Wildman–Crippen LogP) is 3.01. The van der Waals surface area contributed by atoms with Gasteiger partial charge in [-0.15, -0.1) is 24.0 Å². The van der Waals surface area contributed by atoms with Gasteiger partial charge in [-0.3, -0.25) is 0 Å². The minimum absolute atomic E-state index is 0. The van der Waals surface area contributed by atoms with Gasteiger partial charge in [-0.2, -0.15) is 0 Å². The second-order valence-corrected chi connectivity index (χ2v) is 6.21. The van der Waals surface area contributed by atoms with E-state index in [-0.39, 0.29) is 24.0 Å². The first-order valence-electron chi connectivity index (χ1n) is 8.33. The van der Waals surface area contributed by atoms with Crippen molar-refractivity contribution in [2.75, 3.05) is 6.54 Å². The molecule has 1 saturated carbocycles. The van der Waals surface area contributed by atoms with E-state index in [2.05, 4.69) is 58.3 Å². The molecule has 2 atom stereocenters. The lowest BCUT2D eigenvalue weighted by Gasteiger charge is -2.11. The van der Waals surface area contributed by atoms with Crippen LogP contribution in [0.3, 0.4) is 0 Å². The van der Waals surface area contributed by atoms with Crippen molar-refractivity contribution in [1.82, 2.24) is 20.2 Å². The average molecular weight is 439 g/mol. The van der Waals surface area contributed by atoms with Gasteiger partial charge < -0.3 is 15.2 Å². The van der Waals surface area contributed by atoms with Crippen molar-refractivity contribution in [3.8, 4) is 0 Å². The highest BCUT2D eigenvalue weighted by Crippen LogP contribution is 2.28. The molecular formula is C18H26IN5. The van der Waals surface area contributed by atoms with E-state index in [0.717, 1.165) is 25.0 Å². The van der Waals surface area contributed by atoms with E-state index in [0.29, 0.717) is 12.6 Å². The van der Waals surface area contributed by atoms with Crippen molar-refractivity contribution >= 4 is 29.9 Å². The maximum absolute atomic E-state index is 4.71. The summed E-state index contributed by atoms with van der Waals surface area (Å²) >= 11 is 0. The monoisotopic (exact) mass is 439 g/mol. The van der Waals surface area contributed by atoms with E-state index in [1.807, 2.05) is 12.5 Å². The van der Waals surface area contributed by atoms with Crippen molar-refractivity contribution < 1.29 is 0 Å². The van der Waals surface area contributed by atoms with Crippen LogP contribution in [-0.2, 0) is 13.1 Å². The molecule has 6 heteroatoms. The van der Waals surface area contributed by atoms with Gasteiger partial charge in [0, 0.05) is 31.5 Å². The number of hydrogen-bond acceptors (Lipinski definition) is 2. The molecule has 5 nitrogen and oxygen atoms in total. The molecular weight excluding hydrogens is 413 g/mol. The highest BCUT2D eigenvalue weighted by molar-refractivity contribution is 14.0. The molecule has 1 aromatic heterocycles.